The van der Waals surface area contributed by atoms with Crippen molar-refractivity contribution in [1.82, 2.24) is 4.98 Å². The van der Waals surface area contributed by atoms with Gasteiger partial charge in [0.1, 0.15) is 5.52 Å². The van der Waals surface area contributed by atoms with Crippen molar-refractivity contribution < 1.29 is 4.42 Å². The van der Waals surface area contributed by atoms with Gasteiger partial charge in [0.15, 0.2) is 12.0 Å². The van der Waals surface area contributed by atoms with Crippen molar-refractivity contribution in [3.05, 3.63) is 30.2 Å². The second kappa shape index (κ2) is 1.84. The average Bonchev–Trinajstić information content (AvgIpc) is 2.36. The average molecular weight is 133 g/mol. The van der Waals surface area contributed by atoms with Crippen LogP contribution in [0.5, 0.6) is 0 Å². The van der Waals surface area contributed by atoms with Gasteiger partial charge in [0.2, 0.25) is 0 Å². The molecule has 1 aromatic heterocycles. The normalized spacial score (nSPS) is 10.5. The topological polar surface area (TPSA) is 26.0 Å². The number of aromatic nitrogens is 1. The van der Waals surface area contributed by atoms with E-state index < -0.39 is 0 Å². The maximum absolute atomic E-state index is 5.09. The number of nitrogens with zero attached hydrogens (tertiary/aromatic N) is 1. The van der Waals surface area contributed by atoms with E-state index in [2.05, 4.69) is 4.98 Å². The van der Waals surface area contributed by atoms with Gasteiger partial charge in [-0.3, -0.25) is 0 Å². The first kappa shape index (κ1) is 5.47. The van der Waals surface area contributed by atoms with Gasteiger partial charge in [-0.1, -0.05) is 12.1 Å². The molecule has 0 N–H and O–H groups in total. The van der Waals surface area contributed by atoms with E-state index in [9.17, 15) is 0 Å². The number of oxazole rings is 1. The van der Waals surface area contributed by atoms with Crippen LogP contribution < -0.4 is 0 Å². The Morgan fingerprint density at radius 3 is 3.10 bits per heavy atom. The molecule has 1 aromatic carbocycles. The molecule has 0 saturated heterocycles. The van der Waals surface area contributed by atoms with Gasteiger partial charge >= 0.3 is 0 Å². The smallest absolute Gasteiger partial charge is 0.181 e. The molecule has 0 spiro atoms. The molecule has 0 aliphatic heterocycles. The minimum absolute atomic E-state index is 0.861. The fourth-order valence-corrected chi connectivity index (χ4v) is 1.03. The van der Waals surface area contributed by atoms with Gasteiger partial charge in [0.25, 0.3) is 0 Å². The summed E-state index contributed by atoms with van der Waals surface area (Å²) in [7, 11) is 0. The van der Waals surface area contributed by atoms with E-state index in [1.165, 1.54) is 6.39 Å². The minimum atomic E-state index is 0.861. The van der Waals surface area contributed by atoms with Crippen molar-refractivity contribution in [3.8, 4) is 0 Å². The SMILES string of the molecule is Cc1cccc2ocnc12. The summed E-state index contributed by atoms with van der Waals surface area (Å²) in [5.41, 5.74) is 2.98. The van der Waals surface area contributed by atoms with Crippen LogP contribution >= 0.6 is 0 Å². The van der Waals surface area contributed by atoms with E-state index >= 15 is 0 Å². The number of benzene rings is 1. The monoisotopic (exact) mass is 133 g/mol. The molecule has 2 heteroatoms. The molecule has 0 amide bonds. The Morgan fingerprint density at radius 1 is 1.40 bits per heavy atom. The first-order valence-electron chi connectivity index (χ1n) is 3.17. The van der Waals surface area contributed by atoms with Crippen LogP contribution in [-0.4, -0.2) is 4.98 Å². The Labute approximate surface area is 58.5 Å². The third-order valence-corrected chi connectivity index (χ3v) is 1.56. The first-order chi connectivity index (χ1) is 4.88. The summed E-state index contributed by atoms with van der Waals surface area (Å²) in [4.78, 5) is 4.05. The third-order valence-electron chi connectivity index (χ3n) is 1.56. The Kier molecular flexibility index (Phi) is 1.01. The van der Waals surface area contributed by atoms with E-state index in [4.69, 9.17) is 4.42 Å². The number of para-hydroxylation sites is 1. The van der Waals surface area contributed by atoms with Crippen molar-refractivity contribution in [2.45, 2.75) is 6.92 Å². The van der Waals surface area contributed by atoms with Gasteiger partial charge in [-0.2, -0.15) is 0 Å². The Bertz CT molecular complexity index is 351. The third kappa shape index (κ3) is 0.620. The summed E-state index contributed by atoms with van der Waals surface area (Å²) in [6, 6.07) is 5.89. The summed E-state index contributed by atoms with van der Waals surface area (Å²) in [5.74, 6) is 0. The van der Waals surface area contributed by atoms with Crippen molar-refractivity contribution in [1.29, 1.82) is 0 Å². The van der Waals surface area contributed by atoms with Crippen LogP contribution in [-0.2, 0) is 0 Å². The second-order valence-electron chi connectivity index (χ2n) is 2.27. The highest BCUT2D eigenvalue weighted by molar-refractivity contribution is 5.75. The molecule has 0 fully saturated rings. The molecule has 0 aliphatic carbocycles. The fourth-order valence-electron chi connectivity index (χ4n) is 1.03. The molecule has 0 aliphatic rings. The quantitative estimate of drug-likeness (QED) is 0.550. The van der Waals surface area contributed by atoms with Crippen LogP contribution in [0.2, 0.25) is 0 Å². The predicted octanol–water partition coefficient (Wildman–Crippen LogP) is 2.14. The van der Waals surface area contributed by atoms with Crippen LogP contribution in [0.1, 0.15) is 5.56 Å². The molecule has 2 aromatic rings. The van der Waals surface area contributed by atoms with E-state index in [-0.39, 0.29) is 0 Å². The van der Waals surface area contributed by atoms with E-state index in [1.807, 2.05) is 25.1 Å². The zero-order valence-electron chi connectivity index (χ0n) is 5.66. The standard InChI is InChI=1S/C8H7NO/c1-6-3-2-4-7-8(6)9-5-10-7/h2-5H,1H3. The van der Waals surface area contributed by atoms with Crippen LogP contribution in [0, 0.1) is 6.92 Å². The summed E-state index contributed by atoms with van der Waals surface area (Å²) in [6.07, 6.45) is 1.47. The highest BCUT2D eigenvalue weighted by Crippen LogP contribution is 2.14. The lowest BCUT2D eigenvalue weighted by Crippen LogP contribution is -1.72. The number of aryl methyl sites for hydroxylation is 1. The summed E-state index contributed by atoms with van der Waals surface area (Å²) >= 11 is 0. The molecule has 2 nitrogen and oxygen atoms in total. The molecule has 0 atom stereocenters. The second-order valence-corrected chi connectivity index (χ2v) is 2.27. The maximum Gasteiger partial charge on any atom is 0.181 e. The van der Waals surface area contributed by atoms with Crippen LogP contribution in [0.15, 0.2) is 29.0 Å². The first-order valence-corrected chi connectivity index (χ1v) is 3.17. The highest BCUT2D eigenvalue weighted by Gasteiger charge is 1.97. The zero-order valence-corrected chi connectivity index (χ0v) is 5.66. The van der Waals surface area contributed by atoms with Crippen LogP contribution in [0.4, 0.5) is 0 Å². The number of hydrogen-bond donors (Lipinski definition) is 0. The lowest BCUT2D eigenvalue weighted by Gasteiger charge is -1.88. The molecule has 50 valence electrons. The molecule has 10 heavy (non-hydrogen) atoms. The lowest BCUT2D eigenvalue weighted by atomic mass is 10.2. The lowest BCUT2D eigenvalue weighted by molar-refractivity contribution is 0.602. The number of hydrogen-bond acceptors (Lipinski definition) is 2. The largest absolute Gasteiger partial charge is 0.443 e. The minimum Gasteiger partial charge on any atom is -0.443 e. The summed E-state index contributed by atoms with van der Waals surface area (Å²) in [6.45, 7) is 2.02. The molecular formula is C8H7NO. The fraction of sp³-hybridized carbons (Fsp3) is 0.125. The molecule has 2 rings (SSSR count). The Hall–Kier alpha value is -1.31. The highest BCUT2D eigenvalue weighted by atomic mass is 16.3. The Balaban J connectivity index is 2.95. The molecule has 0 bridgehead atoms. The van der Waals surface area contributed by atoms with E-state index in [0.29, 0.717) is 0 Å². The summed E-state index contributed by atoms with van der Waals surface area (Å²) < 4.78 is 5.09. The van der Waals surface area contributed by atoms with E-state index in [0.717, 1.165) is 16.7 Å². The zero-order chi connectivity index (χ0) is 6.97. The maximum atomic E-state index is 5.09. The van der Waals surface area contributed by atoms with Crippen molar-refractivity contribution in [2.24, 2.45) is 0 Å². The van der Waals surface area contributed by atoms with Crippen molar-refractivity contribution in [3.63, 3.8) is 0 Å². The Morgan fingerprint density at radius 2 is 2.30 bits per heavy atom. The van der Waals surface area contributed by atoms with Crippen molar-refractivity contribution in [2.75, 3.05) is 0 Å². The number of rotatable bonds is 0. The predicted molar refractivity (Wildman–Crippen MR) is 38.7 cm³/mol. The van der Waals surface area contributed by atoms with Gasteiger partial charge in [0.05, 0.1) is 0 Å². The van der Waals surface area contributed by atoms with Gasteiger partial charge in [-0.15, -0.1) is 0 Å². The molecule has 0 saturated carbocycles. The van der Waals surface area contributed by atoms with E-state index in [1.54, 1.807) is 0 Å². The van der Waals surface area contributed by atoms with Crippen LogP contribution in [0.25, 0.3) is 11.1 Å². The number of fused-ring (bicyclic) bond motifs is 1. The summed E-state index contributed by atoms with van der Waals surface area (Å²) in [5, 5.41) is 0. The van der Waals surface area contributed by atoms with Crippen LogP contribution in [0.3, 0.4) is 0 Å². The molecule has 1 heterocycles. The van der Waals surface area contributed by atoms with Gasteiger partial charge in [0, 0.05) is 0 Å². The molecule has 0 radical (unpaired) electrons. The van der Waals surface area contributed by atoms with Gasteiger partial charge in [-0.05, 0) is 18.6 Å². The molecular weight excluding hydrogens is 126 g/mol. The van der Waals surface area contributed by atoms with Crippen molar-refractivity contribution >= 4 is 11.1 Å². The van der Waals surface area contributed by atoms with Gasteiger partial charge < -0.3 is 4.42 Å². The van der Waals surface area contributed by atoms with Gasteiger partial charge in [-0.25, -0.2) is 4.98 Å². The molecule has 0 unspecified atom stereocenters.